The first-order valence-corrected chi connectivity index (χ1v) is 6.93. The third-order valence-electron chi connectivity index (χ3n) is 4.24. The fourth-order valence-corrected chi connectivity index (χ4v) is 3.06. The van der Waals surface area contributed by atoms with E-state index in [0.29, 0.717) is 6.10 Å². The van der Waals surface area contributed by atoms with Crippen molar-refractivity contribution < 1.29 is 9.53 Å². The largest absolute Gasteiger partial charge is 0.381 e. The Bertz CT molecular complexity index is 467. The zero-order valence-corrected chi connectivity index (χ0v) is 11.3. The van der Waals surface area contributed by atoms with Crippen LogP contribution in [-0.2, 0) is 16.0 Å². The number of fused-ring (bicyclic) bond motifs is 1. The van der Waals surface area contributed by atoms with Crippen molar-refractivity contribution in [2.75, 3.05) is 25.5 Å². The number of para-hydroxylation sites is 1. The van der Waals surface area contributed by atoms with Gasteiger partial charge in [0.25, 0.3) is 0 Å². The number of piperidine rings is 1. The molecule has 2 aliphatic rings. The summed E-state index contributed by atoms with van der Waals surface area (Å²) in [5.74, 6) is 0.134. The summed E-state index contributed by atoms with van der Waals surface area (Å²) < 4.78 is 5.38. The van der Waals surface area contributed by atoms with Gasteiger partial charge in [-0.05, 0) is 30.9 Å². The average molecular weight is 260 g/mol. The van der Waals surface area contributed by atoms with E-state index in [1.54, 1.807) is 7.11 Å². The van der Waals surface area contributed by atoms with Crippen LogP contribution in [0.2, 0.25) is 0 Å². The number of methoxy groups -OCH3 is 1. The normalized spacial score (nSPS) is 24.9. The molecule has 2 heterocycles. The molecule has 1 fully saturated rings. The van der Waals surface area contributed by atoms with Crippen LogP contribution in [0.3, 0.4) is 0 Å². The maximum atomic E-state index is 12.2. The number of hydrogen-bond donors (Lipinski definition) is 1. The van der Waals surface area contributed by atoms with Crippen molar-refractivity contribution in [3.63, 3.8) is 0 Å². The number of rotatable bonds is 2. The number of anilines is 1. The van der Waals surface area contributed by atoms with Gasteiger partial charge >= 0.3 is 0 Å². The third kappa shape index (κ3) is 2.51. The summed E-state index contributed by atoms with van der Waals surface area (Å²) in [7, 11) is 1.77. The molecule has 0 aromatic heterocycles. The van der Waals surface area contributed by atoms with Crippen molar-refractivity contribution in [2.24, 2.45) is 0 Å². The van der Waals surface area contributed by atoms with Gasteiger partial charge in [-0.25, -0.2) is 0 Å². The number of benzene rings is 1. The lowest BCUT2D eigenvalue weighted by Crippen LogP contribution is -2.51. The van der Waals surface area contributed by atoms with E-state index in [4.69, 9.17) is 4.74 Å². The lowest BCUT2D eigenvalue weighted by atomic mass is 9.95. The van der Waals surface area contributed by atoms with Crippen LogP contribution in [0.25, 0.3) is 0 Å². The molecule has 0 aliphatic carbocycles. The Kier molecular flexibility index (Phi) is 3.53. The van der Waals surface area contributed by atoms with Crippen molar-refractivity contribution in [2.45, 2.75) is 31.4 Å². The first kappa shape index (κ1) is 12.6. The molecule has 1 aromatic carbocycles. The monoisotopic (exact) mass is 260 g/mol. The molecule has 1 saturated heterocycles. The van der Waals surface area contributed by atoms with Gasteiger partial charge in [-0.15, -0.1) is 0 Å². The number of amides is 1. The quantitative estimate of drug-likeness (QED) is 0.879. The summed E-state index contributed by atoms with van der Waals surface area (Å²) in [6.07, 6.45) is 3.21. The lowest BCUT2D eigenvalue weighted by Gasteiger charge is -2.38. The molecule has 0 spiro atoms. The van der Waals surface area contributed by atoms with Gasteiger partial charge in [0.05, 0.1) is 12.1 Å². The Morgan fingerprint density at radius 1 is 1.26 bits per heavy atom. The molecule has 0 saturated carbocycles. The van der Waals surface area contributed by atoms with Crippen molar-refractivity contribution in [3.05, 3.63) is 29.8 Å². The zero-order chi connectivity index (χ0) is 13.2. The highest BCUT2D eigenvalue weighted by atomic mass is 16.5. The highest BCUT2D eigenvalue weighted by Gasteiger charge is 2.33. The number of carbonyl (C=O) groups is 1. The van der Waals surface area contributed by atoms with E-state index in [1.807, 2.05) is 18.2 Å². The number of nitrogens with zero attached hydrogens (tertiary/aromatic N) is 1. The van der Waals surface area contributed by atoms with Gasteiger partial charge in [-0.3, -0.25) is 9.69 Å². The van der Waals surface area contributed by atoms with Crippen LogP contribution in [0.1, 0.15) is 18.4 Å². The number of hydrogen-bond acceptors (Lipinski definition) is 3. The predicted molar refractivity (Wildman–Crippen MR) is 74.2 cm³/mol. The van der Waals surface area contributed by atoms with E-state index >= 15 is 0 Å². The Balaban J connectivity index is 1.71. The molecule has 19 heavy (non-hydrogen) atoms. The Morgan fingerprint density at radius 3 is 2.74 bits per heavy atom. The number of ether oxygens (including phenoxy) is 1. The standard InChI is InChI=1S/C15H20N2O2/c1-19-12-6-8-17(9-7-12)14-10-11-4-2-3-5-13(11)16-15(14)18/h2-5,12,14H,6-10H2,1H3,(H,16,18). The molecule has 0 radical (unpaired) electrons. The van der Waals surface area contributed by atoms with Crippen LogP contribution in [0, 0.1) is 0 Å². The van der Waals surface area contributed by atoms with Gasteiger partial charge in [0.1, 0.15) is 0 Å². The molecule has 102 valence electrons. The summed E-state index contributed by atoms with van der Waals surface area (Å²) in [5.41, 5.74) is 2.21. The maximum Gasteiger partial charge on any atom is 0.242 e. The van der Waals surface area contributed by atoms with Gasteiger partial charge in [-0.1, -0.05) is 18.2 Å². The molecular formula is C15H20N2O2. The van der Waals surface area contributed by atoms with E-state index in [0.717, 1.165) is 38.0 Å². The molecule has 1 amide bonds. The van der Waals surface area contributed by atoms with Gasteiger partial charge in [-0.2, -0.15) is 0 Å². The summed E-state index contributed by atoms with van der Waals surface area (Å²) in [6, 6.07) is 8.05. The Labute approximate surface area is 113 Å². The van der Waals surface area contributed by atoms with Crippen molar-refractivity contribution in [3.8, 4) is 0 Å². The molecule has 1 unspecified atom stereocenters. The van der Waals surface area contributed by atoms with E-state index in [9.17, 15) is 4.79 Å². The van der Waals surface area contributed by atoms with Crippen LogP contribution >= 0.6 is 0 Å². The SMILES string of the molecule is COC1CCN(C2Cc3ccccc3NC2=O)CC1. The fraction of sp³-hybridized carbons (Fsp3) is 0.533. The summed E-state index contributed by atoms with van der Waals surface area (Å²) >= 11 is 0. The van der Waals surface area contributed by atoms with Crippen molar-refractivity contribution >= 4 is 11.6 Å². The molecular weight excluding hydrogens is 240 g/mol. The molecule has 1 atom stereocenters. The van der Waals surface area contributed by atoms with Gasteiger partial charge < -0.3 is 10.1 Å². The topological polar surface area (TPSA) is 41.6 Å². The highest BCUT2D eigenvalue weighted by Crippen LogP contribution is 2.26. The minimum atomic E-state index is -0.0206. The minimum absolute atomic E-state index is 0.0206. The average Bonchev–Trinajstić information content (AvgIpc) is 2.47. The van der Waals surface area contributed by atoms with Gasteiger partial charge in [0.15, 0.2) is 0 Å². The second-order valence-corrected chi connectivity index (χ2v) is 5.34. The first-order chi connectivity index (χ1) is 9.28. The van der Waals surface area contributed by atoms with E-state index in [-0.39, 0.29) is 11.9 Å². The predicted octanol–water partition coefficient (Wildman–Crippen LogP) is 1.66. The summed E-state index contributed by atoms with van der Waals surface area (Å²) in [5, 5.41) is 3.02. The smallest absolute Gasteiger partial charge is 0.242 e. The van der Waals surface area contributed by atoms with Gasteiger partial charge in [0.2, 0.25) is 5.91 Å². The molecule has 0 bridgehead atoms. The zero-order valence-electron chi connectivity index (χ0n) is 11.3. The number of likely N-dealkylation sites (tertiary alicyclic amines) is 1. The minimum Gasteiger partial charge on any atom is -0.381 e. The second-order valence-electron chi connectivity index (χ2n) is 5.34. The van der Waals surface area contributed by atoms with Crippen LogP contribution in [-0.4, -0.2) is 43.2 Å². The van der Waals surface area contributed by atoms with E-state index in [1.165, 1.54) is 5.56 Å². The fourth-order valence-electron chi connectivity index (χ4n) is 3.06. The van der Waals surface area contributed by atoms with Crippen LogP contribution in [0.5, 0.6) is 0 Å². The van der Waals surface area contributed by atoms with Crippen molar-refractivity contribution in [1.29, 1.82) is 0 Å². The molecule has 4 nitrogen and oxygen atoms in total. The maximum absolute atomic E-state index is 12.2. The van der Waals surface area contributed by atoms with Crippen LogP contribution in [0.4, 0.5) is 5.69 Å². The highest BCUT2D eigenvalue weighted by molar-refractivity contribution is 5.98. The van der Waals surface area contributed by atoms with Gasteiger partial charge in [0, 0.05) is 25.9 Å². The molecule has 3 rings (SSSR count). The van der Waals surface area contributed by atoms with E-state index in [2.05, 4.69) is 16.3 Å². The number of carbonyl (C=O) groups excluding carboxylic acids is 1. The lowest BCUT2D eigenvalue weighted by molar-refractivity contribution is -0.122. The molecule has 1 aromatic rings. The summed E-state index contributed by atoms with van der Waals surface area (Å²) in [6.45, 7) is 1.89. The van der Waals surface area contributed by atoms with E-state index < -0.39 is 0 Å². The molecule has 1 N–H and O–H groups in total. The third-order valence-corrected chi connectivity index (χ3v) is 4.24. The number of nitrogens with one attached hydrogen (secondary N) is 1. The molecule has 2 aliphatic heterocycles. The first-order valence-electron chi connectivity index (χ1n) is 6.93. The molecule has 4 heteroatoms. The van der Waals surface area contributed by atoms with Crippen LogP contribution in [0.15, 0.2) is 24.3 Å². The Morgan fingerprint density at radius 2 is 2.00 bits per heavy atom. The summed E-state index contributed by atoms with van der Waals surface area (Å²) in [4.78, 5) is 14.5. The Hall–Kier alpha value is -1.39. The second kappa shape index (κ2) is 5.31. The van der Waals surface area contributed by atoms with Crippen LogP contribution < -0.4 is 5.32 Å². The van der Waals surface area contributed by atoms with Crippen molar-refractivity contribution in [1.82, 2.24) is 4.90 Å².